The highest BCUT2D eigenvalue weighted by Crippen LogP contribution is 2.40. The first-order valence-electron chi connectivity index (χ1n) is 8.46. The highest BCUT2D eigenvalue weighted by Gasteiger charge is 2.48. The lowest BCUT2D eigenvalue weighted by molar-refractivity contribution is -0.123. The Bertz CT molecular complexity index is 843. The van der Waals surface area contributed by atoms with Gasteiger partial charge in [-0.2, -0.15) is 0 Å². The summed E-state index contributed by atoms with van der Waals surface area (Å²) in [5, 5.41) is 0. The fourth-order valence-corrected chi connectivity index (χ4v) is 4.54. The van der Waals surface area contributed by atoms with Gasteiger partial charge in [0.15, 0.2) is 0 Å². The van der Waals surface area contributed by atoms with Gasteiger partial charge in [0, 0.05) is 12.1 Å². The SMILES string of the molecule is CS(=O)(=O)NC(=O)C1CC2CCCCC2N1C(=O)c1ccc(F)cc1F. The molecule has 9 heteroatoms. The summed E-state index contributed by atoms with van der Waals surface area (Å²) < 4.78 is 52.0. The molecule has 0 aromatic heterocycles. The largest absolute Gasteiger partial charge is 0.323 e. The maximum atomic E-state index is 14.1. The van der Waals surface area contributed by atoms with E-state index in [1.165, 1.54) is 4.90 Å². The highest BCUT2D eigenvalue weighted by molar-refractivity contribution is 7.89. The van der Waals surface area contributed by atoms with Crippen LogP contribution in [-0.4, -0.2) is 43.5 Å². The Kier molecular flexibility index (Phi) is 5.01. The van der Waals surface area contributed by atoms with Crippen LogP contribution in [0.5, 0.6) is 0 Å². The van der Waals surface area contributed by atoms with E-state index in [1.54, 1.807) is 0 Å². The number of hydrogen-bond acceptors (Lipinski definition) is 4. The van der Waals surface area contributed by atoms with Gasteiger partial charge < -0.3 is 4.90 Å². The third-order valence-electron chi connectivity index (χ3n) is 5.07. The monoisotopic (exact) mass is 386 g/mol. The maximum absolute atomic E-state index is 14.1. The molecule has 1 aliphatic carbocycles. The lowest BCUT2D eigenvalue weighted by Crippen LogP contribution is -2.50. The molecule has 6 nitrogen and oxygen atoms in total. The van der Waals surface area contributed by atoms with Gasteiger partial charge in [0.25, 0.3) is 11.8 Å². The van der Waals surface area contributed by atoms with Crippen LogP contribution in [0.2, 0.25) is 0 Å². The zero-order valence-electron chi connectivity index (χ0n) is 14.2. The van der Waals surface area contributed by atoms with Crippen molar-refractivity contribution in [2.75, 3.05) is 6.26 Å². The summed E-state index contributed by atoms with van der Waals surface area (Å²) in [6.07, 6.45) is 4.52. The van der Waals surface area contributed by atoms with Crippen LogP contribution in [0, 0.1) is 17.6 Å². The van der Waals surface area contributed by atoms with E-state index in [4.69, 9.17) is 0 Å². The molecular formula is C17H20F2N2O4S. The molecule has 1 saturated carbocycles. The van der Waals surface area contributed by atoms with E-state index in [1.807, 2.05) is 4.72 Å². The van der Waals surface area contributed by atoms with E-state index in [2.05, 4.69) is 0 Å². The normalized spacial score (nSPS) is 25.7. The first-order chi connectivity index (χ1) is 12.2. The molecular weight excluding hydrogens is 366 g/mol. The predicted octanol–water partition coefficient (Wildman–Crippen LogP) is 1.81. The smallest absolute Gasteiger partial charge is 0.257 e. The summed E-state index contributed by atoms with van der Waals surface area (Å²) >= 11 is 0. The van der Waals surface area contributed by atoms with Crippen LogP contribution < -0.4 is 4.72 Å². The summed E-state index contributed by atoms with van der Waals surface area (Å²) in [5.74, 6) is -3.26. The van der Waals surface area contributed by atoms with Crippen molar-refractivity contribution in [3.05, 3.63) is 35.4 Å². The van der Waals surface area contributed by atoms with Gasteiger partial charge in [-0.15, -0.1) is 0 Å². The molecule has 2 fully saturated rings. The Balaban J connectivity index is 1.95. The molecule has 0 spiro atoms. The van der Waals surface area contributed by atoms with E-state index in [0.29, 0.717) is 18.9 Å². The topological polar surface area (TPSA) is 83.6 Å². The lowest BCUT2D eigenvalue weighted by Gasteiger charge is -2.33. The van der Waals surface area contributed by atoms with Crippen molar-refractivity contribution in [3.63, 3.8) is 0 Å². The number of nitrogens with one attached hydrogen (secondary N) is 1. The zero-order valence-corrected chi connectivity index (χ0v) is 15.1. The maximum Gasteiger partial charge on any atom is 0.257 e. The molecule has 2 aliphatic rings. The van der Waals surface area contributed by atoms with Crippen molar-refractivity contribution in [2.45, 2.75) is 44.2 Å². The number of sulfonamides is 1. The number of likely N-dealkylation sites (tertiary alicyclic amines) is 1. The van der Waals surface area contributed by atoms with Crippen molar-refractivity contribution >= 4 is 21.8 Å². The van der Waals surface area contributed by atoms with Gasteiger partial charge in [-0.05, 0) is 37.3 Å². The molecule has 1 saturated heterocycles. The third-order valence-corrected chi connectivity index (χ3v) is 5.64. The average Bonchev–Trinajstić information content (AvgIpc) is 2.92. The molecule has 1 aromatic rings. The van der Waals surface area contributed by atoms with Crippen molar-refractivity contribution in [1.82, 2.24) is 9.62 Å². The number of amides is 2. The molecule has 1 aromatic carbocycles. The first kappa shape index (κ1) is 18.8. The lowest BCUT2D eigenvalue weighted by atomic mass is 9.84. The number of rotatable bonds is 3. The summed E-state index contributed by atoms with van der Waals surface area (Å²) in [7, 11) is -3.78. The fourth-order valence-electron chi connectivity index (χ4n) is 4.04. The van der Waals surface area contributed by atoms with Gasteiger partial charge in [-0.1, -0.05) is 12.8 Å². The Morgan fingerprint density at radius 1 is 1.19 bits per heavy atom. The van der Waals surface area contributed by atoms with Crippen LogP contribution >= 0.6 is 0 Å². The number of halogens is 2. The summed E-state index contributed by atoms with van der Waals surface area (Å²) in [4.78, 5) is 26.7. The Hall–Kier alpha value is -2.03. The summed E-state index contributed by atoms with van der Waals surface area (Å²) in [6.45, 7) is 0. The quantitative estimate of drug-likeness (QED) is 0.859. The predicted molar refractivity (Wildman–Crippen MR) is 89.7 cm³/mol. The molecule has 3 rings (SSSR count). The van der Waals surface area contributed by atoms with E-state index in [0.717, 1.165) is 37.7 Å². The second-order valence-electron chi connectivity index (χ2n) is 6.94. The van der Waals surface area contributed by atoms with Crippen LogP contribution in [0.4, 0.5) is 8.78 Å². The molecule has 3 unspecified atom stereocenters. The molecule has 142 valence electrons. The van der Waals surface area contributed by atoms with Crippen molar-refractivity contribution in [2.24, 2.45) is 5.92 Å². The molecule has 26 heavy (non-hydrogen) atoms. The number of hydrogen-bond donors (Lipinski definition) is 1. The van der Waals surface area contributed by atoms with Gasteiger partial charge >= 0.3 is 0 Å². The third kappa shape index (κ3) is 3.72. The van der Waals surface area contributed by atoms with Gasteiger partial charge in [0.05, 0.1) is 11.8 Å². The molecule has 3 atom stereocenters. The van der Waals surface area contributed by atoms with E-state index < -0.39 is 39.5 Å². The van der Waals surface area contributed by atoms with Crippen LogP contribution in [0.25, 0.3) is 0 Å². The minimum absolute atomic E-state index is 0.0616. The van der Waals surface area contributed by atoms with Crippen molar-refractivity contribution < 1.29 is 26.8 Å². The number of benzene rings is 1. The molecule has 0 radical (unpaired) electrons. The Morgan fingerprint density at radius 3 is 2.54 bits per heavy atom. The second-order valence-corrected chi connectivity index (χ2v) is 8.69. The standard InChI is InChI=1S/C17H20F2N2O4S/c1-26(24,25)20-16(22)15-8-10-4-2-3-5-14(10)21(15)17(23)12-7-6-11(18)9-13(12)19/h6-7,9-10,14-15H,2-5,8H2,1H3,(H,20,22). The molecule has 1 heterocycles. The number of carbonyl (C=O) groups is 2. The van der Waals surface area contributed by atoms with Gasteiger partial charge in [-0.25, -0.2) is 17.2 Å². The van der Waals surface area contributed by atoms with Crippen LogP contribution in [0.15, 0.2) is 18.2 Å². The van der Waals surface area contributed by atoms with Gasteiger partial charge in [0.2, 0.25) is 10.0 Å². The minimum Gasteiger partial charge on any atom is -0.323 e. The van der Waals surface area contributed by atoms with E-state index in [-0.39, 0.29) is 17.5 Å². The fraction of sp³-hybridized carbons (Fsp3) is 0.529. The second kappa shape index (κ2) is 6.94. The van der Waals surface area contributed by atoms with E-state index in [9.17, 15) is 26.8 Å². The van der Waals surface area contributed by atoms with Gasteiger partial charge in [0.1, 0.15) is 17.7 Å². The molecule has 0 bridgehead atoms. The molecule has 1 N–H and O–H groups in total. The number of fused-ring (bicyclic) bond motifs is 1. The molecule has 2 amide bonds. The van der Waals surface area contributed by atoms with Crippen LogP contribution in [0.1, 0.15) is 42.5 Å². The van der Waals surface area contributed by atoms with Gasteiger partial charge in [-0.3, -0.25) is 14.3 Å². The highest BCUT2D eigenvalue weighted by atomic mass is 32.2. The summed E-state index contributed by atoms with van der Waals surface area (Å²) in [5.41, 5.74) is -0.324. The zero-order chi connectivity index (χ0) is 19.1. The molecule has 1 aliphatic heterocycles. The number of carbonyl (C=O) groups excluding carboxylic acids is 2. The van der Waals surface area contributed by atoms with Crippen molar-refractivity contribution in [1.29, 1.82) is 0 Å². The van der Waals surface area contributed by atoms with Crippen molar-refractivity contribution in [3.8, 4) is 0 Å². The Labute approximate surface area is 150 Å². The summed E-state index contributed by atoms with van der Waals surface area (Å²) in [6, 6.07) is 1.41. The van der Waals surface area contributed by atoms with Crippen LogP contribution in [0.3, 0.4) is 0 Å². The van der Waals surface area contributed by atoms with E-state index >= 15 is 0 Å². The average molecular weight is 386 g/mol. The first-order valence-corrected chi connectivity index (χ1v) is 10.4. The number of nitrogens with zero attached hydrogens (tertiary/aromatic N) is 1. The Morgan fingerprint density at radius 2 is 1.88 bits per heavy atom. The van der Waals surface area contributed by atoms with Crippen LogP contribution in [-0.2, 0) is 14.8 Å². The minimum atomic E-state index is -3.78.